The lowest BCUT2D eigenvalue weighted by molar-refractivity contribution is 0.304. The predicted octanol–water partition coefficient (Wildman–Crippen LogP) is 2.05. The van der Waals surface area contributed by atoms with Crippen LogP contribution >= 0.6 is 0 Å². The van der Waals surface area contributed by atoms with Crippen molar-refractivity contribution in [3.05, 3.63) is 47.4 Å². The molecule has 1 fully saturated rings. The molecular weight excluding hydrogens is 245 g/mol. The van der Waals surface area contributed by atoms with Crippen LogP contribution in [0.4, 0.5) is 4.39 Å². The van der Waals surface area contributed by atoms with E-state index in [1.54, 1.807) is 12.1 Å². The van der Waals surface area contributed by atoms with E-state index in [0.717, 1.165) is 19.5 Å². The molecule has 0 radical (unpaired) electrons. The molecule has 1 atom stereocenters. The maximum Gasteiger partial charge on any atom is 0.233 e. The van der Waals surface area contributed by atoms with Gasteiger partial charge in [0.05, 0.1) is 5.41 Å². The van der Waals surface area contributed by atoms with E-state index in [1.165, 1.54) is 6.07 Å². The Kier molecular flexibility index (Phi) is 3.06. The van der Waals surface area contributed by atoms with E-state index in [0.29, 0.717) is 23.7 Å². The minimum atomic E-state index is -0.234. The molecule has 1 aliphatic heterocycles. The van der Waals surface area contributed by atoms with Gasteiger partial charge in [-0.25, -0.2) is 4.39 Å². The van der Waals surface area contributed by atoms with Gasteiger partial charge in [-0.3, -0.25) is 0 Å². The summed E-state index contributed by atoms with van der Waals surface area (Å²) in [5, 5.41) is 7.25. The molecule has 1 unspecified atom stereocenters. The van der Waals surface area contributed by atoms with Crippen molar-refractivity contribution in [3.63, 3.8) is 0 Å². The van der Waals surface area contributed by atoms with E-state index in [-0.39, 0.29) is 11.2 Å². The van der Waals surface area contributed by atoms with Crippen molar-refractivity contribution in [2.24, 2.45) is 0 Å². The van der Waals surface area contributed by atoms with Gasteiger partial charge in [-0.2, -0.15) is 4.98 Å². The third kappa shape index (κ3) is 2.38. The Morgan fingerprint density at radius 2 is 2.26 bits per heavy atom. The van der Waals surface area contributed by atoms with Crippen LogP contribution < -0.4 is 5.32 Å². The number of hydrogen-bond acceptors (Lipinski definition) is 4. The first-order valence-electron chi connectivity index (χ1n) is 6.45. The van der Waals surface area contributed by atoms with Crippen molar-refractivity contribution in [1.82, 2.24) is 15.5 Å². The minimum Gasteiger partial charge on any atom is -0.339 e. The van der Waals surface area contributed by atoms with Crippen LogP contribution in [0.3, 0.4) is 0 Å². The van der Waals surface area contributed by atoms with Crippen LogP contribution in [0.2, 0.25) is 0 Å². The molecule has 5 heteroatoms. The lowest BCUT2D eigenvalue weighted by Crippen LogP contribution is -2.25. The van der Waals surface area contributed by atoms with Crippen LogP contribution in [0.1, 0.15) is 30.6 Å². The summed E-state index contributed by atoms with van der Waals surface area (Å²) in [6.07, 6.45) is 1.34. The number of aromatic nitrogens is 2. The molecular formula is C14H16FN3O. The van der Waals surface area contributed by atoms with E-state index in [1.807, 2.05) is 6.07 Å². The van der Waals surface area contributed by atoms with Gasteiger partial charge in [-0.15, -0.1) is 0 Å². The average Bonchev–Trinajstić information content (AvgIpc) is 3.02. The highest BCUT2D eigenvalue weighted by atomic mass is 19.1. The molecule has 0 amide bonds. The Bertz CT molecular complexity index is 576. The summed E-state index contributed by atoms with van der Waals surface area (Å²) in [5.41, 5.74) is 0.491. The van der Waals surface area contributed by atoms with Gasteiger partial charge in [-0.05, 0) is 31.5 Å². The summed E-state index contributed by atoms with van der Waals surface area (Å²) in [5.74, 6) is 0.944. The molecule has 2 heterocycles. The Morgan fingerprint density at radius 1 is 1.42 bits per heavy atom. The molecule has 100 valence electrons. The first-order chi connectivity index (χ1) is 9.17. The van der Waals surface area contributed by atoms with Gasteiger partial charge in [0, 0.05) is 13.0 Å². The van der Waals surface area contributed by atoms with E-state index in [4.69, 9.17) is 4.52 Å². The summed E-state index contributed by atoms with van der Waals surface area (Å²) >= 11 is 0. The van der Waals surface area contributed by atoms with Crippen molar-refractivity contribution < 1.29 is 8.91 Å². The Morgan fingerprint density at radius 3 is 3.00 bits per heavy atom. The molecule has 1 saturated heterocycles. The summed E-state index contributed by atoms with van der Waals surface area (Å²) < 4.78 is 18.9. The highest BCUT2D eigenvalue weighted by Gasteiger charge is 2.36. The molecule has 4 nitrogen and oxygen atoms in total. The SMILES string of the molecule is CC1(c2nc(Cc3ccccc3F)no2)CCNC1. The van der Waals surface area contributed by atoms with Crippen LogP contribution in [0, 0.1) is 5.82 Å². The highest BCUT2D eigenvalue weighted by Crippen LogP contribution is 2.28. The average molecular weight is 261 g/mol. The zero-order valence-corrected chi connectivity index (χ0v) is 10.8. The zero-order chi connectivity index (χ0) is 13.3. The predicted molar refractivity (Wildman–Crippen MR) is 68.3 cm³/mol. The summed E-state index contributed by atoms with van der Waals surface area (Å²) in [6, 6.07) is 6.66. The fourth-order valence-corrected chi connectivity index (χ4v) is 2.38. The number of rotatable bonds is 3. The zero-order valence-electron chi connectivity index (χ0n) is 10.8. The summed E-state index contributed by atoms with van der Waals surface area (Å²) in [7, 11) is 0. The van der Waals surface area contributed by atoms with Gasteiger partial charge in [0.2, 0.25) is 5.89 Å². The number of halogens is 1. The number of benzene rings is 1. The van der Waals surface area contributed by atoms with E-state index in [2.05, 4.69) is 22.4 Å². The first-order valence-corrected chi connectivity index (χ1v) is 6.45. The molecule has 1 aliphatic rings. The second-order valence-corrected chi connectivity index (χ2v) is 5.27. The van der Waals surface area contributed by atoms with Crippen LogP contribution in [0.15, 0.2) is 28.8 Å². The molecule has 0 saturated carbocycles. The van der Waals surface area contributed by atoms with E-state index >= 15 is 0 Å². The quantitative estimate of drug-likeness (QED) is 0.918. The molecule has 19 heavy (non-hydrogen) atoms. The highest BCUT2D eigenvalue weighted by molar-refractivity contribution is 5.21. The third-order valence-electron chi connectivity index (χ3n) is 3.66. The topological polar surface area (TPSA) is 51.0 Å². The number of nitrogens with zero attached hydrogens (tertiary/aromatic N) is 2. The normalized spacial score (nSPS) is 22.8. The summed E-state index contributed by atoms with van der Waals surface area (Å²) in [4.78, 5) is 4.42. The second kappa shape index (κ2) is 4.74. The van der Waals surface area contributed by atoms with E-state index in [9.17, 15) is 4.39 Å². The van der Waals surface area contributed by atoms with Gasteiger partial charge in [0.25, 0.3) is 0 Å². The van der Waals surface area contributed by atoms with Gasteiger partial charge in [0.15, 0.2) is 5.82 Å². The molecule has 1 N–H and O–H groups in total. The van der Waals surface area contributed by atoms with Crippen LogP contribution in [-0.2, 0) is 11.8 Å². The smallest absolute Gasteiger partial charge is 0.233 e. The monoisotopic (exact) mass is 261 g/mol. The lowest BCUT2D eigenvalue weighted by atomic mass is 9.90. The van der Waals surface area contributed by atoms with Crippen LogP contribution in [0.25, 0.3) is 0 Å². The van der Waals surface area contributed by atoms with Gasteiger partial charge in [0.1, 0.15) is 5.82 Å². The fourth-order valence-electron chi connectivity index (χ4n) is 2.38. The molecule has 0 aliphatic carbocycles. The molecule has 0 bridgehead atoms. The molecule has 2 aromatic rings. The standard InChI is InChI=1S/C14H16FN3O/c1-14(6-7-16-9-14)13-17-12(18-19-13)8-10-4-2-3-5-11(10)15/h2-5,16H,6-9H2,1H3. The molecule has 1 aromatic heterocycles. The molecule has 1 aromatic carbocycles. The van der Waals surface area contributed by atoms with Crippen molar-refractivity contribution in [1.29, 1.82) is 0 Å². The maximum absolute atomic E-state index is 13.6. The van der Waals surface area contributed by atoms with E-state index < -0.39 is 0 Å². The molecule has 3 rings (SSSR count). The first kappa shape index (κ1) is 12.3. The second-order valence-electron chi connectivity index (χ2n) is 5.27. The van der Waals surface area contributed by atoms with Crippen molar-refractivity contribution in [2.45, 2.75) is 25.2 Å². The largest absolute Gasteiger partial charge is 0.339 e. The Balaban J connectivity index is 1.80. The van der Waals surface area contributed by atoms with Crippen LogP contribution in [-0.4, -0.2) is 23.2 Å². The van der Waals surface area contributed by atoms with Crippen molar-refractivity contribution in [3.8, 4) is 0 Å². The Hall–Kier alpha value is -1.75. The van der Waals surface area contributed by atoms with Crippen LogP contribution in [0.5, 0.6) is 0 Å². The number of nitrogens with one attached hydrogen (secondary N) is 1. The van der Waals surface area contributed by atoms with Gasteiger partial charge in [-0.1, -0.05) is 23.4 Å². The van der Waals surface area contributed by atoms with Gasteiger partial charge >= 0.3 is 0 Å². The summed E-state index contributed by atoms with van der Waals surface area (Å²) in [6.45, 7) is 3.91. The maximum atomic E-state index is 13.6. The fraction of sp³-hybridized carbons (Fsp3) is 0.429. The van der Waals surface area contributed by atoms with Gasteiger partial charge < -0.3 is 9.84 Å². The third-order valence-corrected chi connectivity index (χ3v) is 3.66. The minimum absolute atomic E-state index is 0.0967. The van der Waals surface area contributed by atoms with Crippen molar-refractivity contribution in [2.75, 3.05) is 13.1 Å². The number of hydrogen-bond donors (Lipinski definition) is 1. The van der Waals surface area contributed by atoms with Crippen molar-refractivity contribution >= 4 is 0 Å². The lowest BCUT2D eigenvalue weighted by Gasteiger charge is -2.15. The molecule has 0 spiro atoms. The Labute approximate surface area is 111 Å².